The van der Waals surface area contributed by atoms with Crippen molar-refractivity contribution < 1.29 is 14.3 Å². The molecule has 0 N–H and O–H groups in total. The van der Waals surface area contributed by atoms with Crippen LogP contribution in [-0.2, 0) is 20.7 Å². The van der Waals surface area contributed by atoms with Crippen molar-refractivity contribution in [3.05, 3.63) is 46.9 Å². The second-order valence-corrected chi connectivity index (χ2v) is 7.86. The fourth-order valence-electron chi connectivity index (χ4n) is 3.78. The van der Waals surface area contributed by atoms with Crippen molar-refractivity contribution in [3.63, 3.8) is 0 Å². The van der Waals surface area contributed by atoms with E-state index < -0.39 is 5.41 Å². The zero-order valence-corrected chi connectivity index (χ0v) is 14.2. The predicted octanol–water partition coefficient (Wildman–Crippen LogP) is 4.11. The Morgan fingerprint density at radius 3 is 2.96 bits per heavy atom. The summed E-state index contributed by atoms with van der Waals surface area (Å²) in [6, 6.07) is 10.7. The van der Waals surface area contributed by atoms with E-state index in [0.717, 1.165) is 19.3 Å². The van der Waals surface area contributed by atoms with Gasteiger partial charge in [0, 0.05) is 23.1 Å². The van der Waals surface area contributed by atoms with Crippen molar-refractivity contribution >= 4 is 27.4 Å². The topological polar surface area (TPSA) is 35.5 Å². The number of carbonyl (C=O) groups excluding carboxylic acids is 1. The molecule has 3 unspecified atom stereocenters. The van der Waals surface area contributed by atoms with Gasteiger partial charge in [-0.3, -0.25) is 4.79 Å². The summed E-state index contributed by atoms with van der Waals surface area (Å²) in [5.41, 5.74) is 0.740. The number of carbonyl (C=O) groups is 1. The minimum atomic E-state index is -0.463. The van der Waals surface area contributed by atoms with Crippen LogP contribution < -0.4 is 0 Å². The Labute approximate surface area is 139 Å². The molecule has 1 aliphatic carbocycles. The molecule has 0 radical (unpaired) electrons. The van der Waals surface area contributed by atoms with Gasteiger partial charge in [0.15, 0.2) is 0 Å². The SMILES string of the molecule is COC1C(CCc2cc3ccccc3s2)=CC2(C)CC1OC2=O. The van der Waals surface area contributed by atoms with E-state index in [4.69, 9.17) is 9.47 Å². The van der Waals surface area contributed by atoms with Crippen LogP contribution in [0.3, 0.4) is 0 Å². The lowest BCUT2D eigenvalue weighted by Gasteiger charge is -2.29. The zero-order valence-electron chi connectivity index (χ0n) is 13.4. The second kappa shape index (κ2) is 5.46. The third-order valence-corrected chi connectivity index (χ3v) is 6.12. The Balaban J connectivity index is 1.56. The van der Waals surface area contributed by atoms with Crippen LogP contribution in [0, 0.1) is 5.41 Å². The summed E-state index contributed by atoms with van der Waals surface area (Å²) >= 11 is 1.85. The average Bonchev–Trinajstić information content (AvgIpc) is 3.04. The van der Waals surface area contributed by atoms with E-state index in [-0.39, 0.29) is 18.2 Å². The Bertz CT molecular complexity index is 758. The molecule has 2 bridgehead atoms. The van der Waals surface area contributed by atoms with Crippen LogP contribution in [0.2, 0.25) is 0 Å². The van der Waals surface area contributed by atoms with Crippen molar-refractivity contribution in [2.45, 2.75) is 38.4 Å². The van der Waals surface area contributed by atoms with Gasteiger partial charge in [-0.15, -0.1) is 11.3 Å². The minimum Gasteiger partial charge on any atom is -0.459 e. The van der Waals surface area contributed by atoms with Crippen LogP contribution in [0.4, 0.5) is 0 Å². The maximum absolute atomic E-state index is 12.1. The lowest BCUT2D eigenvalue weighted by atomic mass is 9.77. The zero-order chi connectivity index (χ0) is 16.0. The fourth-order valence-corrected chi connectivity index (χ4v) is 4.84. The van der Waals surface area contributed by atoms with Gasteiger partial charge in [-0.25, -0.2) is 0 Å². The summed E-state index contributed by atoms with van der Waals surface area (Å²) < 4.78 is 12.5. The molecule has 1 aromatic carbocycles. The van der Waals surface area contributed by atoms with Crippen LogP contribution >= 0.6 is 11.3 Å². The van der Waals surface area contributed by atoms with Crippen LogP contribution in [0.15, 0.2) is 42.0 Å². The molecule has 2 aliphatic rings. The van der Waals surface area contributed by atoms with Crippen molar-refractivity contribution in [3.8, 4) is 0 Å². The quantitative estimate of drug-likeness (QED) is 0.626. The summed E-state index contributed by atoms with van der Waals surface area (Å²) in [5.74, 6) is -0.110. The number of methoxy groups -OCH3 is 1. The maximum Gasteiger partial charge on any atom is 0.316 e. The Kier molecular flexibility index (Phi) is 3.54. The van der Waals surface area contributed by atoms with Gasteiger partial charge in [0.05, 0.1) is 5.41 Å². The number of esters is 1. The van der Waals surface area contributed by atoms with Crippen molar-refractivity contribution in [2.75, 3.05) is 7.11 Å². The van der Waals surface area contributed by atoms with Gasteiger partial charge in [-0.1, -0.05) is 24.3 Å². The summed E-state index contributed by atoms with van der Waals surface area (Å²) in [4.78, 5) is 13.4. The van der Waals surface area contributed by atoms with Gasteiger partial charge in [0.1, 0.15) is 12.2 Å². The number of hydrogen-bond donors (Lipinski definition) is 0. The Morgan fingerprint density at radius 2 is 2.17 bits per heavy atom. The second-order valence-electron chi connectivity index (χ2n) is 6.69. The molecule has 120 valence electrons. The van der Waals surface area contributed by atoms with Gasteiger partial charge in [0.2, 0.25) is 0 Å². The van der Waals surface area contributed by atoms with Gasteiger partial charge in [0.25, 0.3) is 0 Å². The predicted molar refractivity (Wildman–Crippen MR) is 91.6 cm³/mol. The van der Waals surface area contributed by atoms with Crippen molar-refractivity contribution in [2.24, 2.45) is 5.41 Å². The number of aryl methyl sites for hydroxylation is 1. The van der Waals surface area contributed by atoms with E-state index >= 15 is 0 Å². The van der Waals surface area contributed by atoms with E-state index in [1.54, 1.807) is 7.11 Å². The summed E-state index contributed by atoms with van der Waals surface area (Å²) in [5, 5.41) is 1.30. The molecule has 2 heterocycles. The number of benzene rings is 1. The molecule has 0 saturated carbocycles. The van der Waals surface area contributed by atoms with E-state index in [1.807, 2.05) is 18.3 Å². The summed E-state index contributed by atoms with van der Waals surface area (Å²) in [6.45, 7) is 1.97. The monoisotopic (exact) mass is 328 g/mol. The highest BCUT2D eigenvalue weighted by molar-refractivity contribution is 7.19. The number of hydrogen-bond acceptors (Lipinski definition) is 4. The first-order chi connectivity index (χ1) is 11.1. The lowest BCUT2D eigenvalue weighted by molar-refractivity contribution is -0.148. The van der Waals surface area contributed by atoms with E-state index in [9.17, 15) is 4.79 Å². The van der Waals surface area contributed by atoms with Crippen molar-refractivity contribution in [1.82, 2.24) is 0 Å². The molecule has 0 spiro atoms. The van der Waals surface area contributed by atoms with Gasteiger partial charge >= 0.3 is 5.97 Å². The molecule has 3 atom stereocenters. The lowest BCUT2D eigenvalue weighted by Crippen LogP contribution is -2.34. The van der Waals surface area contributed by atoms with Gasteiger partial charge in [-0.2, -0.15) is 0 Å². The van der Waals surface area contributed by atoms with Crippen LogP contribution in [-0.4, -0.2) is 25.3 Å². The first-order valence-electron chi connectivity index (χ1n) is 8.02. The van der Waals surface area contributed by atoms with Crippen LogP contribution in [0.25, 0.3) is 10.1 Å². The maximum atomic E-state index is 12.1. The first kappa shape index (κ1) is 14.9. The first-order valence-corrected chi connectivity index (χ1v) is 8.84. The molecule has 1 aromatic heterocycles. The highest BCUT2D eigenvalue weighted by atomic mass is 32.1. The normalized spacial score (nSPS) is 29.7. The third-order valence-electron chi connectivity index (χ3n) is 4.95. The highest BCUT2D eigenvalue weighted by Gasteiger charge is 2.51. The Morgan fingerprint density at radius 1 is 1.35 bits per heavy atom. The molecule has 4 rings (SSSR count). The van der Waals surface area contributed by atoms with Gasteiger partial charge < -0.3 is 9.47 Å². The molecule has 1 fully saturated rings. The highest BCUT2D eigenvalue weighted by Crippen LogP contribution is 2.44. The number of ether oxygens (including phenoxy) is 2. The number of rotatable bonds is 4. The Hall–Kier alpha value is -1.65. The molecule has 23 heavy (non-hydrogen) atoms. The number of thiophene rings is 1. The minimum absolute atomic E-state index is 0.0936. The van der Waals surface area contributed by atoms with E-state index in [2.05, 4.69) is 36.4 Å². The molecule has 1 aliphatic heterocycles. The summed E-state index contributed by atoms with van der Waals surface area (Å²) in [7, 11) is 1.70. The van der Waals surface area contributed by atoms with Crippen LogP contribution in [0.1, 0.15) is 24.6 Å². The van der Waals surface area contributed by atoms with E-state index in [1.165, 1.54) is 20.5 Å². The number of fused-ring (bicyclic) bond motifs is 3. The molecular formula is C19H20O3S. The smallest absolute Gasteiger partial charge is 0.316 e. The fraction of sp³-hybridized carbons (Fsp3) is 0.421. The van der Waals surface area contributed by atoms with E-state index in [0.29, 0.717) is 0 Å². The molecule has 4 heteroatoms. The third kappa shape index (κ3) is 2.50. The molecule has 1 saturated heterocycles. The largest absolute Gasteiger partial charge is 0.459 e. The molecular weight excluding hydrogens is 308 g/mol. The van der Waals surface area contributed by atoms with Crippen molar-refractivity contribution in [1.29, 1.82) is 0 Å². The van der Waals surface area contributed by atoms with Gasteiger partial charge in [-0.05, 0) is 42.9 Å². The molecule has 2 aromatic rings. The van der Waals surface area contributed by atoms with Crippen LogP contribution in [0.5, 0.6) is 0 Å². The standard InChI is InChI=1S/C19H20O3S/c1-19-10-13(17(21-2)15(11-19)22-18(19)20)7-8-14-9-12-5-3-4-6-16(12)23-14/h3-6,9-10,15,17H,7-8,11H2,1-2H3. The molecule has 0 amide bonds. The average molecular weight is 328 g/mol. The molecule has 3 nitrogen and oxygen atoms in total. The summed E-state index contributed by atoms with van der Waals surface area (Å²) in [6.07, 6.45) is 4.50.